The quantitative estimate of drug-likeness (QED) is 0.445. The Labute approximate surface area is 120 Å². The number of cyclic esters (lactones) is 1. The highest BCUT2D eigenvalue weighted by Gasteiger charge is 2.41. The van der Waals surface area contributed by atoms with E-state index in [1.54, 1.807) is 0 Å². The van der Waals surface area contributed by atoms with E-state index < -0.39 is 48.0 Å². The molecule has 0 spiro atoms. The highest BCUT2D eigenvalue weighted by atomic mass is 35.5. The Hall–Kier alpha value is -1.20. The highest BCUT2D eigenvalue weighted by molar-refractivity contribution is 7.92. The lowest BCUT2D eigenvalue weighted by atomic mass is 10.4. The Morgan fingerprint density at radius 3 is 2.20 bits per heavy atom. The molecule has 1 atom stereocenters. The summed E-state index contributed by atoms with van der Waals surface area (Å²) in [6.45, 7) is -0.602. The molecule has 1 heterocycles. The average Bonchev–Trinajstić information content (AvgIpc) is 2.68. The number of hydrogen-bond acceptors (Lipinski definition) is 6. The van der Waals surface area contributed by atoms with Gasteiger partial charge in [0.05, 0.1) is 0 Å². The summed E-state index contributed by atoms with van der Waals surface area (Å²) in [7, 11) is -8.59. The van der Waals surface area contributed by atoms with Crippen LogP contribution in [0.1, 0.15) is 0 Å². The zero-order chi connectivity index (χ0) is 15.1. The molecule has 1 fully saturated rings. The number of carbonyl (C=O) groups excluding carboxylic acids is 1. The second-order valence-corrected chi connectivity index (χ2v) is 7.59. The van der Waals surface area contributed by atoms with Gasteiger partial charge in [-0.3, -0.25) is 4.79 Å². The first-order chi connectivity index (χ1) is 9.14. The van der Waals surface area contributed by atoms with Crippen LogP contribution in [0, 0.1) is 0 Å². The lowest BCUT2D eigenvalue weighted by Crippen LogP contribution is -2.34. The van der Waals surface area contributed by atoms with Crippen molar-refractivity contribution in [3.8, 4) is 0 Å². The maximum absolute atomic E-state index is 12.3. The Kier molecular flexibility index (Phi) is 3.77. The molecule has 20 heavy (non-hydrogen) atoms. The number of sulfonamides is 2. The van der Waals surface area contributed by atoms with E-state index in [9.17, 15) is 21.6 Å². The second kappa shape index (κ2) is 4.97. The van der Waals surface area contributed by atoms with E-state index in [-0.39, 0.29) is 0 Å². The van der Waals surface area contributed by atoms with Gasteiger partial charge >= 0.3 is 5.97 Å². The minimum absolute atomic E-state index is 0.543. The zero-order valence-electron chi connectivity index (χ0n) is 9.76. The van der Waals surface area contributed by atoms with Crippen molar-refractivity contribution in [3.05, 3.63) is 24.3 Å². The molecule has 1 unspecified atom stereocenters. The largest absolute Gasteiger partial charge is 0.430 e. The molecule has 110 valence electrons. The van der Waals surface area contributed by atoms with Crippen LogP contribution in [0.2, 0.25) is 0 Å². The van der Waals surface area contributed by atoms with E-state index in [4.69, 9.17) is 16.7 Å². The number of primary sulfonamides is 1. The number of hydrogen-bond donors (Lipinski definition) is 1. The smallest absolute Gasteiger partial charge is 0.324 e. The first-order valence-electron chi connectivity index (χ1n) is 5.11. The van der Waals surface area contributed by atoms with Crippen molar-refractivity contribution in [2.45, 2.75) is 15.5 Å². The summed E-state index contributed by atoms with van der Waals surface area (Å²) in [5, 5.41) is 4.97. The van der Waals surface area contributed by atoms with Crippen molar-refractivity contribution in [3.63, 3.8) is 0 Å². The summed E-state index contributed by atoms with van der Waals surface area (Å²) >= 11 is 5.60. The van der Waals surface area contributed by atoms with Gasteiger partial charge in [0.1, 0.15) is 16.3 Å². The van der Waals surface area contributed by atoms with Crippen molar-refractivity contribution in [2.24, 2.45) is 5.14 Å². The second-order valence-electron chi connectivity index (χ2n) is 3.82. The van der Waals surface area contributed by atoms with Gasteiger partial charge in [-0.15, -0.1) is 4.31 Å². The van der Waals surface area contributed by atoms with E-state index in [1.165, 1.54) is 12.1 Å². The Morgan fingerprint density at radius 1 is 1.20 bits per heavy atom. The number of rotatable bonds is 3. The molecule has 0 aromatic heterocycles. The molecule has 1 aliphatic rings. The monoisotopic (exact) mass is 340 g/mol. The third kappa shape index (κ3) is 2.65. The third-order valence-electron chi connectivity index (χ3n) is 2.48. The van der Waals surface area contributed by atoms with Gasteiger partial charge < -0.3 is 4.74 Å². The zero-order valence-corrected chi connectivity index (χ0v) is 12.2. The van der Waals surface area contributed by atoms with Crippen molar-refractivity contribution in [2.75, 3.05) is 6.54 Å². The summed E-state index contributed by atoms with van der Waals surface area (Å²) < 4.78 is 52.6. The van der Waals surface area contributed by atoms with E-state index in [0.29, 0.717) is 4.31 Å². The number of nitrogens with zero attached hydrogens (tertiary/aromatic N) is 1. The summed E-state index contributed by atoms with van der Waals surface area (Å²) in [5.41, 5.74) is -1.53. The molecule has 1 aromatic rings. The first-order valence-corrected chi connectivity index (χ1v) is 8.53. The Balaban J connectivity index is 2.60. The normalized spacial score (nSPS) is 20.9. The average molecular weight is 341 g/mol. The molecule has 1 aliphatic heterocycles. The fourth-order valence-electron chi connectivity index (χ4n) is 1.62. The van der Waals surface area contributed by atoms with Gasteiger partial charge in [0.15, 0.2) is 0 Å². The van der Waals surface area contributed by atoms with E-state index >= 15 is 0 Å². The van der Waals surface area contributed by atoms with Gasteiger partial charge in [-0.25, -0.2) is 22.0 Å². The van der Waals surface area contributed by atoms with Gasteiger partial charge in [0.25, 0.3) is 0 Å². The van der Waals surface area contributed by atoms with Crippen molar-refractivity contribution in [1.82, 2.24) is 4.31 Å². The van der Waals surface area contributed by atoms with E-state index in [2.05, 4.69) is 4.74 Å². The molecule has 0 saturated carbocycles. The molecular formula is C9H9ClN2O6S2. The molecule has 0 bridgehead atoms. The molecule has 2 rings (SSSR count). The van der Waals surface area contributed by atoms with Crippen molar-refractivity contribution >= 4 is 37.6 Å². The molecule has 1 aromatic carbocycles. The third-order valence-corrected chi connectivity index (χ3v) is 5.87. The van der Waals surface area contributed by atoms with Crippen LogP contribution in [0.25, 0.3) is 0 Å². The number of carbonyl (C=O) groups is 1. The number of ether oxygens (including phenoxy) is 1. The fraction of sp³-hybridized carbons (Fsp3) is 0.222. The van der Waals surface area contributed by atoms with Crippen LogP contribution in [0.15, 0.2) is 34.1 Å². The molecular weight excluding hydrogens is 332 g/mol. The molecule has 0 radical (unpaired) electrons. The van der Waals surface area contributed by atoms with Crippen LogP contribution >= 0.6 is 11.6 Å². The van der Waals surface area contributed by atoms with E-state index in [1.807, 2.05) is 0 Å². The van der Waals surface area contributed by atoms with Crippen LogP contribution in [-0.2, 0) is 29.6 Å². The SMILES string of the molecule is NS(=O)(=O)c1ccccc1S(=O)(=O)N1CC(=O)OC1Cl. The van der Waals surface area contributed by atoms with E-state index in [0.717, 1.165) is 12.1 Å². The Morgan fingerprint density at radius 2 is 1.75 bits per heavy atom. The van der Waals surface area contributed by atoms with Crippen LogP contribution in [0.4, 0.5) is 0 Å². The first kappa shape index (κ1) is 15.2. The summed E-state index contributed by atoms with van der Waals surface area (Å²) in [6.07, 6.45) is 0. The minimum atomic E-state index is -4.34. The highest BCUT2D eigenvalue weighted by Crippen LogP contribution is 2.28. The number of esters is 1. The number of halogens is 1. The number of alkyl halides is 1. The fourth-order valence-corrected chi connectivity index (χ4v) is 4.75. The predicted octanol–water partition coefficient (Wildman–Crippen LogP) is -0.596. The van der Waals surface area contributed by atoms with Gasteiger partial charge in [-0.2, -0.15) is 0 Å². The van der Waals surface area contributed by atoms with Crippen LogP contribution in [0.3, 0.4) is 0 Å². The summed E-state index contributed by atoms with van der Waals surface area (Å²) in [6, 6.07) is 4.75. The van der Waals surface area contributed by atoms with Gasteiger partial charge in [-0.1, -0.05) is 23.7 Å². The topological polar surface area (TPSA) is 124 Å². The maximum atomic E-state index is 12.3. The van der Waals surface area contributed by atoms with Crippen LogP contribution < -0.4 is 5.14 Å². The van der Waals surface area contributed by atoms with Crippen LogP contribution in [0.5, 0.6) is 0 Å². The van der Waals surface area contributed by atoms with Crippen LogP contribution in [-0.4, -0.2) is 39.3 Å². The lowest BCUT2D eigenvalue weighted by Gasteiger charge is -2.17. The maximum Gasteiger partial charge on any atom is 0.324 e. The van der Waals surface area contributed by atoms with Gasteiger partial charge in [-0.05, 0) is 12.1 Å². The van der Waals surface area contributed by atoms with Gasteiger partial charge in [0, 0.05) is 0 Å². The van der Waals surface area contributed by atoms with Crippen molar-refractivity contribution < 1.29 is 26.4 Å². The van der Waals surface area contributed by atoms with Crippen molar-refractivity contribution in [1.29, 1.82) is 0 Å². The predicted molar refractivity (Wildman–Crippen MR) is 67.4 cm³/mol. The summed E-state index contributed by atoms with van der Waals surface area (Å²) in [5.74, 6) is -0.832. The molecule has 0 amide bonds. The Bertz CT molecular complexity index is 760. The standard InChI is InChI=1S/C9H9ClN2O6S2/c10-9-12(5-8(13)18-9)20(16,17)7-4-2-1-3-6(7)19(11,14)15/h1-4,9H,5H2,(H2,11,14,15). The minimum Gasteiger partial charge on any atom is -0.430 e. The summed E-state index contributed by atoms with van der Waals surface area (Å²) in [4.78, 5) is 9.92. The molecule has 2 N–H and O–H groups in total. The molecule has 8 nitrogen and oxygen atoms in total. The molecule has 1 saturated heterocycles. The lowest BCUT2D eigenvalue weighted by molar-refractivity contribution is -0.138. The number of nitrogens with two attached hydrogens (primary N) is 1. The van der Waals surface area contributed by atoms with Gasteiger partial charge in [0.2, 0.25) is 25.7 Å². The number of benzene rings is 1. The molecule has 0 aliphatic carbocycles. The molecule has 11 heteroatoms.